The predicted octanol–water partition coefficient (Wildman–Crippen LogP) is 5.29. The Labute approximate surface area is 131 Å². The van der Waals surface area contributed by atoms with Gasteiger partial charge in [0.15, 0.2) is 0 Å². The highest BCUT2D eigenvalue weighted by atomic mass is 79.9. The molecule has 0 radical (unpaired) electrons. The molecule has 0 bridgehead atoms. The molecule has 0 aliphatic heterocycles. The fourth-order valence-electron chi connectivity index (χ4n) is 1.71. The molecule has 1 N–H and O–H groups in total. The molecule has 2 aromatic rings. The monoisotopic (exact) mass is 358 g/mol. The molecule has 102 valence electrons. The summed E-state index contributed by atoms with van der Waals surface area (Å²) in [5.41, 5.74) is 2.15. The number of hydrogen-bond acceptors (Lipinski definition) is 3. The molecular weight excluding hydrogens is 344 g/mol. The van der Waals surface area contributed by atoms with Gasteiger partial charge in [-0.15, -0.1) is 11.3 Å². The second kappa shape index (κ2) is 6.84. The zero-order valence-corrected chi connectivity index (χ0v) is 14.1. The minimum absolute atomic E-state index is 0.288. The maximum Gasteiger partial charge on any atom is 0.123 e. The Kier molecular flexibility index (Phi) is 5.39. The zero-order valence-electron chi connectivity index (χ0n) is 10.9. The average Bonchev–Trinajstić information content (AvgIpc) is 2.89. The van der Waals surface area contributed by atoms with Gasteiger partial charge in [0, 0.05) is 21.5 Å². The van der Waals surface area contributed by atoms with Crippen LogP contribution in [0, 0.1) is 0 Å². The van der Waals surface area contributed by atoms with E-state index in [0.29, 0.717) is 5.02 Å². The summed E-state index contributed by atoms with van der Waals surface area (Å²) < 4.78 is 0.910. The van der Waals surface area contributed by atoms with Gasteiger partial charge in [0.25, 0.3) is 0 Å². The smallest absolute Gasteiger partial charge is 0.123 e. The van der Waals surface area contributed by atoms with Crippen LogP contribution in [0.15, 0.2) is 28.1 Å². The molecule has 1 atom stereocenters. The van der Waals surface area contributed by atoms with Crippen LogP contribution in [0.3, 0.4) is 0 Å². The van der Waals surface area contributed by atoms with Gasteiger partial charge in [0.05, 0.1) is 10.7 Å². The van der Waals surface area contributed by atoms with Gasteiger partial charge in [-0.2, -0.15) is 0 Å². The SMILES string of the molecule is CCCNC(C)c1csc(-c2ccc(Br)c(Cl)c2)n1. The van der Waals surface area contributed by atoms with Gasteiger partial charge in [-0.25, -0.2) is 4.98 Å². The van der Waals surface area contributed by atoms with E-state index in [0.717, 1.165) is 33.7 Å². The van der Waals surface area contributed by atoms with Crippen molar-refractivity contribution in [2.45, 2.75) is 26.3 Å². The van der Waals surface area contributed by atoms with E-state index in [9.17, 15) is 0 Å². The topological polar surface area (TPSA) is 24.9 Å². The van der Waals surface area contributed by atoms with Crippen LogP contribution in [0.5, 0.6) is 0 Å². The lowest BCUT2D eigenvalue weighted by molar-refractivity contribution is 0.561. The second-order valence-corrected chi connectivity index (χ2v) is 6.50. The molecule has 0 aliphatic rings. The van der Waals surface area contributed by atoms with E-state index >= 15 is 0 Å². The van der Waals surface area contributed by atoms with E-state index in [-0.39, 0.29) is 6.04 Å². The van der Waals surface area contributed by atoms with Gasteiger partial charge < -0.3 is 5.32 Å². The Bertz CT molecular complexity index is 556. The van der Waals surface area contributed by atoms with Gasteiger partial charge in [0.2, 0.25) is 0 Å². The molecule has 0 saturated heterocycles. The van der Waals surface area contributed by atoms with Crippen molar-refractivity contribution in [1.82, 2.24) is 10.3 Å². The molecule has 19 heavy (non-hydrogen) atoms. The first-order valence-electron chi connectivity index (χ1n) is 6.26. The lowest BCUT2D eigenvalue weighted by atomic mass is 10.2. The summed E-state index contributed by atoms with van der Waals surface area (Å²) in [7, 11) is 0. The van der Waals surface area contributed by atoms with Crippen molar-refractivity contribution in [3.8, 4) is 10.6 Å². The van der Waals surface area contributed by atoms with Crippen molar-refractivity contribution in [3.63, 3.8) is 0 Å². The summed E-state index contributed by atoms with van der Waals surface area (Å²) in [6.07, 6.45) is 1.13. The molecular formula is C14H16BrClN2S. The van der Waals surface area contributed by atoms with Crippen molar-refractivity contribution in [3.05, 3.63) is 38.8 Å². The molecule has 0 spiro atoms. The van der Waals surface area contributed by atoms with Crippen LogP contribution >= 0.6 is 38.9 Å². The average molecular weight is 360 g/mol. The predicted molar refractivity (Wildman–Crippen MR) is 87.0 cm³/mol. The number of benzene rings is 1. The van der Waals surface area contributed by atoms with E-state index in [1.165, 1.54) is 0 Å². The van der Waals surface area contributed by atoms with Crippen molar-refractivity contribution < 1.29 is 0 Å². The van der Waals surface area contributed by atoms with Crippen LogP contribution in [-0.4, -0.2) is 11.5 Å². The normalized spacial score (nSPS) is 12.6. The lowest BCUT2D eigenvalue weighted by Gasteiger charge is -2.09. The first-order valence-corrected chi connectivity index (χ1v) is 8.31. The summed E-state index contributed by atoms with van der Waals surface area (Å²) >= 11 is 11.2. The van der Waals surface area contributed by atoms with Crippen LogP contribution in [0.1, 0.15) is 32.0 Å². The number of halogens is 2. The third kappa shape index (κ3) is 3.78. The molecule has 1 aromatic heterocycles. The second-order valence-electron chi connectivity index (χ2n) is 4.38. The third-order valence-electron chi connectivity index (χ3n) is 2.83. The standard InChI is InChI=1S/C14H16BrClN2S/c1-3-6-17-9(2)13-8-19-14(18-13)10-4-5-11(15)12(16)7-10/h4-5,7-9,17H,3,6H2,1-2H3. The minimum Gasteiger partial charge on any atom is -0.309 e. The highest BCUT2D eigenvalue weighted by Crippen LogP contribution is 2.31. The maximum absolute atomic E-state index is 6.12. The van der Waals surface area contributed by atoms with Gasteiger partial charge in [-0.05, 0) is 48.0 Å². The van der Waals surface area contributed by atoms with Gasteiger partial charge >= 0.3 is 0 Å². The molecule has 1 aromatic carbocycles. The summed E-state index contributed by atoms with van der Waals surface area (Å²) in [6, 6.07) is 6.22. The number of thiazole rings is 1. The van der Waals surface area contributed by atoms with Crippen LogP contribution in [0.2, 0.25) is 5.02 Å². The van der Waals surface area contributed by atoms with E-state index in [1.807, 2.05) is 18.2 Å². The minimum atomic E-state index is 0.288. The molecule has 1 unspecified atom stereocenters. The third-order valence-corrected chi connectivity index (χ3v) is 4.97. The Balaban J connectivity index is 2.18. The number of hydrogen-bond donors (Lipinski definition) is 1. The summed E-state index contributed by atoms with van der Waals surface area (Å²) in [5, 5.41) is 7.28. The zero-order chi connectivity index (χ0) is 13.8. The molecule has 0 aliphatic carbocycles. The van der Waals surface area contributed by atoms with Gasteiger partial charge in [0.1, 0.15) is 5.01 Å². The number of nitrogens with zero attached hydrogens (tertiary/aromatic N) is 1. The number of rotatable bonds is 5. The number of nitrogens with one attached hydrogen (secondary N) is 1. The van der Waals surface area contributed by atoms with Crippen LogP contribution in [-0.2, 0) is 0 Å². The van der Waals surface area contributed by atoms with Crippen LogP contribution in [0.25, 0.3) is 10.6 Å². The fraction of sp³-hybridized carbons (Fsp3) is 0.357. The molecule has 0 fully saturated rings. The van der Waals surface area contributed by atoms with Gasteiger partial charge in [-0.3, -0.25) is 0 Å². The van der Waals surface area contributed by atoms with Crippen molar-refractivity contribution in [2.75, 3.05) is 6.54 Å². The number of aromatic nitrogens is 1. The molecule has 0 amide bonds. The van der Waals surface area contributed by atoms with E-state index in [1.54, 1.807) is 11.3 Å². The molecule has 2 rings (SSSR count). The Morgan fingerprint density at radius 3 is 2.95 bits per heavy atom. The quantitative estimate of drug-likeness (QED) is 0.785. The maximum atomic E-state index is 6.12. The summed E-state index contributed by atoms with van der Waals surface area (Å²) in [5.74, 6) is 0. The molecule has 0 saturated carbocycles. The summed E-state index contributed by atoms with van der Waals surface area (Å²) in [6.45, 7) is 5.32. The fourth-order valence-corrected chi connectivity index (χ4v) is 3.05. The van der Waals surface area contributed by atoms with E-state index in [2.05, 4.69) is 45.5 Å². The Morgan fingerprint density at radius 1 is 1.47 bits per heavy atom. The highest BCUT2D eigenvalue weighted by molar-refractivity contribution is 9.10. The largest absolute Gasteiger partial charge is 0.309 e. The van der Waals surface area contributed by atoms with Crippen molar-refractivity contribution in [2.24, 2.45) is 0 Å². The van der Waals surface area contributed by atoms with Crippen LogP contribution in [0.4, 0.5) is 0 Å². The van der Waals surface area contributed by atoms with E-state index < -0.39 is 0 Å². The first kappa shape index (κ1) is 15.0. The summed E-state index contributed by atoms with van der Waals surface area (Å²) in [4.78, 5) is 4.69. The van der Waals surface area contributed by atoms with Crippen molar-refractivity contribution >= 4 is 38.9 Å². The highest BCUT2D eigenvalue weighted by Gasteiger charge is 2.11. The van der Waals surface area contributed by atoms with Crippen molar-refractivity contribution in [1.29, 1.82) is 0 Å². The Morgan fingerprint density at radius 2 is 2.26 bits per heavy atom. The first-order chi connectivity index (χ1) is 9.11. The Hall–Kier alpha value is -0.420. The molecule has 1 heterocycles. The lowest BCUT2D eigenvalue weighted by Crippen LogP contribution is -2.19. The molecule has 5 heteroatoms. The van der Waals surface area contributed by atoms with Gasteiger partial charge in [-0.1, -0.05) is 24.6 Å². The molecule has 2 nitrogen and oxygen atoms in total. The van der Waals surface area contributed by atoms with Crippen LogP contribution < -0.4 is 5.32 Å². The van der Waals surface area contributed by atoms with E-state index in [4.69, 9.17) is 11.6 Å².